The Kier molecular flexibility index (Phi) is 6.70. The van der Waals surface area contributed by atoms with Crippen LogP contribution in [0.1, 0.15) is 30.4 Å². The number of rotatable bonds is 7. The van der Waals surface area contributed by atoms with Crippen LogP contribution in [-0.4, -0.2) is 40.3 Å². The van der Waals surface area contributed by atoms with Crippen molar-refractivity contribution in [3.63, 3.8) is 0 Å². The molecule has 4 nitrogen and oxygen atoms in total. The molecule has 0 aromatic heterocycles. The molecule has 1 heterocycles. The van der Waals surface area contributed by atoms with Crippen LogP contribution < -0.4 is 0 Å². The molecule has 0 radical (unpaired) electrons. The van der Waals surface area contributed by atoms with E-state index < -0.39 is 23.3 Å². The molecular weight excluding hydrogens is 381 g/mol. The summed E-state index contributed by atoms with van der Waals surface area (Å²) in [5.74, 6) is -1.40. The van der Waals surface area contributed by atoms with Crippen LogP contribution in [0.25, 0.3) is 0 Å². The number of piperidine rings is 1. The fourth-order valence-corrected chi connectivity index (χ4v) is 4.24. The lowest BCUT2D eigenvalue weighted by molar-refractivity contribution is -0.164. The number of carboxylic acids is 1. The Morgan fingerprint density at radius 1 is 1.21 bits per heavy atom. The number of benzene rings is 2. The van der Waals surface area contributed by atoms with E-state index in [4.69, 9.17) is 11.6 Å². The molecule has 0 amide bonds. The second-order valence-corrected chi connectivity index (χ2v) is 7.92. The smallest absolute Gasteiger partial charge is 0.313 e. The maximum absolute atomic E-state index is 14.1. The van der Waals surface area contributed by atoms with Gasteiger partial charge in [-0.25, -0.2) is 4.39 Å². The van der Waals surface area contributed by atoms with Gasteiger partial charge in [-0.3, -0.25) is 9.69 Å². The lowest BCUT2D eigenvalue weighted by Gasteiger charge is -2.43. The number of aliphatic hydroxyl groups is 1. The molecule has 6 heteroatoms. The van der Waals surface area contributed by atoms with Crippen molar-refractivity contribution in [2.75, 3.05) is 13.1 Å². The van der Waals surface area contributed by atoms with Gasteiger partial charge in [0.15, 0.2) is 0 Å². The second-order valence-electron chi connectivity index (χ2n) is 7.52. The fraction of sp³-hybridized carbons (Fsp3) is 0.409. The number of likely N-dealkylation sites (tertiary alicyclic amines) is 1. The third-order valence-electron chi connectivity index (χ3n) is 5.66. The topological polar surface area (TPSA) is 60.8 Å². The Morgan fingerprint density at radius 3 is 2.64 bits per heavy atom. The number of hydrogen-bond acceptors (Lipinski definition) is 3. The van der Waals surface area contributed by atoms with E-state index in [0.29, 0.717) is 36.4 Å². The predicted molar refractivity (Wildman–Crippen MR) is 107 cm³/mol. The van der Waals surface area contributed by atoms with E-state index in [0.717, 1.165) is 12.0 Å². The van der Waals surface area contributed by atoms with E-state index >= 15 is 0 Å². The Labute approximate surface area is 169 Å². The third kappa shape index (κ3) is 4.54. The molecule has 0 unspecified atom stereocenters. The molecule has 0 saturated carbocycles. The first-order valence-electron chi connectivity index (χ1n) is 9.53. The van der Waals surface area contributed by atoms with Crippen LogP contribution in [0.15, 0.2) is 48.5 Å². The summed E-state index contributed by atoms with van der Waals surface area (Å²) in [6.45, 7) is 0.897. The monoisotopic (exact) mass is 405 g/mol. The predicted octanol–water partition coefficient (Wildman–Crippen LogP) is 4.14. The van der Waals surface area contributed by atoms with Gasteiger partial charge in [0.05, 0.1) is 6.10 Å². The number of aliphatic carboxylic acids is 1. The summed E-state index contributed by atoms with van der Waals surface area (Å²) in [5.41, 5.74) is 0.248. The molecule has 28 heavy (non-hydrogen) atoms. The van der Waals surface area contributed by atoms with E-state index in [1.807, 2.05) is 35.2 Å². The summed E-state index contributed by atoms with van der Waals surface area (Å²) in [6.07, 6.45) is 1.18. The fourth-order valence-electron chi connectivity index (χ4n) is 4.02. The Balaban J connectivity index is 1.72. The zero-order valence-electron chi connectivity index (χ0n) is 15.7. The largest absolute Gasteiger partial charge is 0.481 e. The van der Waals surface area contributed by atoms with Crippen LogP contribution in [0.2, 0.25) is 5.02 Å². The normalized spacial score (nSPS) is 22.9. The minimum absolute atomic E-state index is 0.170. The van der Waals surface area contributed by atoms with Crippen LogP contribution >= 0.6 is 11.6 Å². The van der Waals surface area contributed by atoms with Gasteiger partial charge in [-0.2, -0.15) is 0 Å². The van der Waals surface area contributed by atoms with Crippen molar-refractivity contribution in [1.82, 2.24) is 4.90 Å². The lowest BCUT2D eigenvalue weighted by Crippen LogP contribution is -2.55. The molecule has 2 aromatic rings. The van der Waals surface area contributed by atoms with Crippen molar-refractivity contribution in [1.29, 1.82) is 0 Å². The average Bonchev–Trinajstić information content (AvgIpc) is 2.68. The summed E-state index contributed by atoms with van der Waals surface area (Å²) in [4.78, 5) is 14.1. The summed E-state index contributed by atoms with van der Waals surface area (Å²) in [6, 6.07) is 14.4. The lowest BCUT2D eigenvalue weighted by atomic mass is 9.73. The van der Waals surface area contributed by atoms with Gasteiger partial charge in [-0.1, -0.05) is 48.0 Å². The van der Waals surface area contributed by atoms with Crippen LogP contribution in [0.3, 0.4) is 0 Å². The van der Waals surface area contributed by atoms with Crippen molar-refractivity contribution in [3.8, 4) is 0 Å². The first-order chi connectivity index (χ1) is 13.4. The third-order valence-corrected chi connectivity index (χ3v) is 6.02. The number of aryl methyl sites for hydroxylation is 1. The number of halogens is 2. The van der Waals surface area contributed by atoms with Crippen molar-refractivity contribution < 1.29 is 19.4 Å². The molecular formula is C22H25ClFNO3. The van der Waals surface area contributed by atoms with Gasteiger partial charge in [0, 0.05) is 30.2 Å². The molecule has 2 atom stereocenters. The quantitative estimate of drug-likeness (QED) is 0.726. The van der Waals surface area contributed by atoms with Crippen LogP contribution in [0, 0.1) is 11.2 Å². The van der Waals surface area contributed by atoms with E-state index in [-0.39, 0.29) is 13.1 Å². The molecule has 3 rings (SSSR count). The number of carboxylic acid groups (broad SMARTS) is 1. The first kappa shape index (κ1) is 20.8. The van der Waals surface area contributed by atoms with Gasteiger partial charge in [0.1, 0.15) is 11.2 Å². The number of aliphatic hydroxyl groups excluding tert-OH is 1. The summed E-state index contributed by atoms with van der Waals surface area (Å²) in [7, 11) is 0. The molecule has 0 spiro atoms. The van der Waals surface area contributed by atoms with E-state index in [1.54, 1.807) is 12.1 Å². The molecule has 2 aromatic carbocycles. The highest BCUT2D eigenvalue weighted by molar-refractivity contribution is 6.31. The van der Waals surface area contributed by atoms with Gasteiger partial charge in [0.2, 0.25) is 0 Å². The van der Waals surface area contributed by atoms with Crippen LogP contribution in [0.5, 0.6) is 0 Å². The highest BCUT2D eigenvalue weighted by atomic mass is 35.5. The van der Waals surface area contributed by atoms with Crippen molar-refractivity contribution in [3.05, 3.63) is 70.5 Å². The van der Waals surface area contributed by atoms with Crippen molar-refractivity contribution in [2.24, 2.45) is 5.41 Å². The Bertz CT molecular complexity index is 796. The summed E-state index contributed by atoms with van der Waals surface area (Å²) >= 11 is 6.13. The molecule has 1 fully saturated rings. The number of carbonyl (C=O) groups is 1. The van der Waals surface area contributed by atoms with Gasteiger partial charge in [-0.05, 0) is 43.4 Å². The van der Waals surface area contributed by atoms with Crippen molar-refractivity contribution >= 4 is 17.6 Å². The SMILES string of the molecule is O=C(O)[C@]1(CCCc2ccccc2)CN(Cc2c(F)cccc2Cl)CC[C@@H]1O. The van der Waals surface area contributed by atoms with Gasteiger partial charge >= 0.3 is 5.97 Å². The van der Waals surface area contributed by atoms with E-state index in [2.05, 4.69) is 0 Å². The molecule has 2 N–H and O–H groups in total. The minimum Gasteiger partial charge on any atom is -0.481 e. The van der Waals surface area contributed by atoms with E-state index in [9.17, 15) is 19.4 Å². The van der Waals surface area contributed by atoms with Crippen LogP contribution in [0.4, 0.5) is 4.39 Å². The second kappa shape index (κ2) is 9.03. The van der Waals surface area contributed by atoms with E-state index in [1.165, 1.54) is 6.07 Å². The molecule has 150 valence electrons. The van der Waals surface area contributed by atoms with Gasteiger partial charge in [-0.15, -0.1) is 0 Å². The maximum atomic E-state index is 14.1. The molecule has 0 aliphatic carbocycles. The Morgan fingerprint density at radius 2 is 1.96 bits per heavy atom. The Hall–Kier alpha value is -1.95. The zero-order valence-corrected chi connectivity index (χ0v) is 16.4. The summed E-state index contributed by atoms with van der Waals surface area (Å²) < 4.78 is 14.1. The van der Waals surface area contributed by atoms with Crippen molar-refractivity contribution in [2.45, 2.75) is 38.3 Å². The standard InChI is InChI=1S/C22H25ClFNO3/c23-18-9-4-10-19(24)17(18)14-25-13-11-20(26)22(15-25,21(27)28)12-5-8-16-6-2-1-3-7-16/h1-4,6-7,9-10,20,26H,5,8,11-15H2,(H,27,28)/t20-,22+/m0/s1. The highest BCUT2D eigenvalue weighted by Crippen LogP contribution is 2.37. The molecule has 0 bridgehead atoms. The summed E-state index contributed by atoms with van der Waals surface area (Å²) in [5, 5.41) is 20.9. The molecule has 1 saturated heterocycles. The van der Waals surface area contributed by atoms with Gasteiger partial charge < -0.3 is 10.2 Å². The van der Waals surface area contributed by atoms with Crippen LogP contribution in [-0.2, 0) is 17.8 Å². The zero-order chi connectivity index (χ0) is 20.1. The minimum atomic E-state index is -1.26. The number of hydrogen-bond donors (Lipinski definition) is 2. The average molecular weight is 406 g/mol. The number of nitrogens with zero attached hydrogens (tertiary/aromatic N) is 1. The van der Waals surface area contributed by atoms with Gasteiger partial charge in [0.25, 0.3) is 0 Å². The molecule has 1 aliphatic rings. The highest BCUT2D eigenvalue weighted by Gasteiger charge is 2.48. The maximum Gasteiger partial charge on any atom is 0.313 e. The molecule has 1 aliphatic heterocycles. The first-order valence-corrected chi connectivity index (χ1v) is 9.91.